The van der Waals surface area contributed by atoms with Crippen LogP contribution in [-0.2, 0) is 61.7 Å². The van der Waals surface area contributed by atoms with Crippen LogP contribution in [0.4, 0.5) is 0 Å². The standard InChI is InChI=1S/C29H56INO14/c30-4-7-36-9-11-38-13-15-40-17-19-42-21-23-44-25-27-45-26-24-43-22-20-41-18-16-39-14-12-37-10-8-35-6-1-5-31-28(32)2-3-29(33)34/h1-27H2,(H,31,32)(H,33,34). The predicted octanol–water partition coefficient (Wildman–Crippen LogP) is 0.975. The molecule has 268 valence electrons. The maximum absolute atomic E-state index is 11.4. The molecule has 0 rings (SSSR count). The minimum absolute atomic E-state index is 0.00895. The molecular weight excluding hydrogens is 713 g/mol. The van der Waals surface area contributed by atoms with Crippen molar-refractivity contribution in [1.82, 2.24) is 5.32 Å². The number of aliphatic carboxylic acids is 1. The first-order valence-electron chi connectivity index (χ1n) is 15.6. The maximum Gasteiger partial charge on any atom is 0.303 e. The topological polar surface area (TPSA) is 168 Å². The van der Waals surface area contributed by atoms with E-state index in [1.54, 1.807) is 0 Å². The zero-order valence-electron chi connectivity index (χ0n) is 26.7. The minimum Gasteiger partial charge on any atom is -0.481 e. The predicted molar refractivity (Wildman–Crippen MR) is 172 cm³/mol. The van der Waals surface area contributed by atoms with Gasteiger partial charge in [-0.05, 0) is 6.42 Å². The Balaban J connectivity index is 3.08. The third-order valence-corrected chi connectivity index (χ3v) is 5.74. The number of carbonyl (C=O) groups is 2. The van der Waals surface area contributed by atoms with Crippen molar-refractivity contribution < 1.29 is 66.8 Å². The highest BCUT2D eigenvalue weighted by Gasteiger charge is 2.04. The van der Waals surface area contributed by atoms with Crippen LogP contribution >= 0.6 is 22.6 Å². The maximum atomic E-state index is 11.4. The lowest BCUT2D eigenvalue weighted by Gasteiger charge is -2.09. The number of carboxylic acids is 1. The number of halogens is 1. The van der Waals surface area contributed by atoms with Gasteiger partial charge in [-0.3, -0.25) is 9.59 Å². The van der Waals surface area contributed by atoms with Gasteiger partial charge in [-0.1, -0.05) is 22.6 Å². The fourth-order valence-corrected chi connectivity index (χ4v) is 3.38. The second kappa shape index (κ2) is 39.4. The van der Waals surface area contributed by atoms with Gasteiger partial charge in [0, 0.05) is 24.0 Å². The number of alkyl halides is 1. The van der Waals surface area contributed by atoms with Gasteiger partial charge in [0.05, 0.1) is 145 Å². The van der Waals surface area contributed by atoms with Gasteiger partial charge in [-0.15, -0.1) is 0 Å². The highest BCUT2D eigenvalue weighted by atomic mass is 127. The van der Waals surface area contributed by atoms with Crippen molar-refractivity contribution in [3.05, 3.63) is 0 Å². The van der Waals surface area contributed by atoms with E-state index in [-0.39, 0.29) is 18.7 Å². The molecule has 0 unspecified atom stereocenters. The van der Waals surface area contributed by atoms with Crippen LogP contribution in [0.5, 0.6) is 0 Å². The molecule has 0 atom stereocenters. The molecule has 0 saturated heterocycles. The summed E-state index contributed by atoms with van der Waals surface area (Å²) in [5.41, 5.74) is 0. The number of hydrogen-bond acceptors (Lipinski definition) is 13. The largest absolute Gasteiger partial charge is 0.481 e. The zero-order valence-corrected chi connectivity index (χ0v) is 28.9. The fourth-order valence-electron chi connectivity index (χ4n) is 3.07. The molecule has 0 aliphatic heterocycles. The third kappa shape index (κ3) is 41.2. The summed E-state index contributed by atoms with van der Waals surface area (Å²) in [4.78, 5) is 21.7. The highest BCUT2D eigenvalue weighted by molar-refractivity contribution is 14.1. The summed E-state index contributed by atoms with van der Waals surface area (Å²) in [6.45, 7) is 11.8. The Morgan fingerprint density at radius 1 is 0.422 bits per heavy atom. The van der Waals surface area contributed by atoms with E-state index in [0.717, 1.165) is 11.0 Å². The molecular formula is C29H56INO14. The lowest BCUT2D eigenvalue weighted by atomic mass is 10.3. The lowest BCUT2D eigenvalue weighted by molar-refractivity contribution is -0.138. The Kier molecular flexibility index (Phi) is 38.7. The summed E-state index contributed by atoms with van der Waals surface area (Å²) in [5, 5.41) is 11.2. The van der Waals surface area contributed by atoms with Gasteiger partial charge in [0.25, 0.3) is 0 Å². The lowest BCUT2D eigenvalue weighted by Crippen LogP contribution is -2.25. The van der Waals surface area contributed by atoms with Crippen LogP contribution in [0.15, 0.2) is 0 Å². The smallest absolute Gasteiger partial charge is 0.303 e. The number of nitrogens with one attached hydrogen (secondary N) is 1. The van der Waals surface area contributed by atoms with E-state index in [4.69, 9.17) is 57.2 Å². The normalized spacial score (nSPS) is 11.3. The summed E-state index contributed by atoms with van der Waals surface area (Å²) in [6, 6.07) is 0. The SMILES string of the molecule is O=C(O)CCC(=O)NCCCOCCOCCOCCOCCOCCOCCOCCOCCOCCOCCOCCI. The Morgan fingerprint density at radius 3 is 0.956 bits per heavy atom. The van der Waals surface area contributed by atoms with Crippen molar-refractivity contribution in [2.75, 3.05) is 156 Å². The van der Waals surface area contributed by atoms with E-state index in [9.17, 15) is 9.59 Å². The Labute approximate surface area is 281 Å². The van der Waals surface area contributed by atoms with Crippen LogP contribution in [0, 0.1) is 0 Å². The van der Waals surface area contributed by atoms with E-state index in [1.807, 2.05) is 0 Å². The summed E-state index contributed by atoms with van der Waals surface area (Å²) in [5.74, 6) is -1.25. The van der Waals surface area contributed by atoms with Gasteiger partial charge in [0.1, 0.15) is 0 Å². The van der Waals surface area contributed by atoms with E-state index in [1.165, 1.54) is 0 Å². The number of carbonyl (C=O) groups excluding carboxylic acids is 1. The Bertz CT molecular complexity index is 624. The van der Waals surface area contributed by atoms with Gasteiger partial charge in [-0.2, -0.15) is 0 Å². The highest BCUT2D eigenvalue weighted by Crippen LogP contribution is 1.90. The monoisotopic (exact) mass is 769 g/mol. The molecule has 1 amide bonds. The number of hydrogen-bond donors (Lipinski definition) is 2. The molecule has 15 nitrogen and oxygen atoms in total. The molecule has 45 heavy (non-hydrogen) atoms. The molecule has 0 aromatic heterocycles. The third-order valence-electron chi connectivity index (χ3n) is 5.30. The summed E-state index contributed by atoms with van der Waals surface area (Å²) < 4.78 is 60.7. The van der Waals surface area contributed by atoms with E-state index >= 15 is 0 Å². The second-order valence-electron chi connectivity index (χ2n) is 9.02. The second-order valence-corrected chi connectivity index (χ2v) is 10.1. The van der Waals surface area contributed by atoms with E-state index in [2.05, 4.69) is 27.9 Å². The van der Waals surface area contributed by atoms with Gasteiger partial charge in [0.2, 0.25) is 5.91 Å². The number of amides is 1. The van der Waals surface area contributed by atoms with Crippen LogP contribution < -0.4 is 5.32 Å². The molecule has 0 radical (unpaired) electrons. The van der Waals surface area contributed by atoms with Crippen LogP contribution in [0.1, 0.15) is 19.3 Å². The van der Waals surface area contributed by atoms with Crippen molar-refractivity contribution >= 4 is 34.5 Å². The number of ether oxygens (including phenoxy) is 11. The van der Waals surface area contributed by atoms with E-state index in [0.29, 0.717) is 152 Å². The van der Waals surface area contributed by atoms with Crippen molar-refractivity contribution in [1.29, 1.82) is 0 Å². The molecule has 16 heteroatoms. The molecule has 0 aliphatic carbocycles. The van der Waals surface area contributed by atoms with Crippen molar-refractivity contribution in [2.24, 2.45) is 0 Å². The first kappa shape index (κ1) is 44.2. The molecule has 0 saturated carbocycles. The molecule has 0 fully saturated rings. The summed E-state index contributed by atoms with van der Waals surface area (Å²) in [6.07, 6.45) is 0.481. The van der Waals surface area contributed by atoms with Crippen LogP contribution in [-0.4, -0.2) is 173 Å². The summed E-state index contributed by atoms with van der Waals surface area (Å²) in [7, 11) is 0. The first-order chi connectivity index (χ1) is 22.2. The van der Waals surface area contributed by atoms with Crippen molar-refractivity contribution in [2.45, 2.75) is 19.3 Å². The fraction of sp³-hybridized carbons (Fsp3) is 0.931. The molecule has 0 spiro atoms. The molecule has 0 aliphatic rings. The molecule has 0 heterocycles. The molecule has 0 bridgehead atoms. The van der Waals surface area contributed by atoms with E-state index < -0.39 is 5.97 Å². The van der Waals surface area contributed by atoms with Crippen LogP contribution in [0.3, 0.4) is 0 Å². The molecule has 0 aromatic carbocycles. The van der Waals surface area contributed by atoms with Crippen LogP contribution in [0.25, 0.3) is 0 Å². The summed E-state index contributed by atoms with van der Waals surface area (Å²) >= 11 is 2.27. The number of rotatable bonds is 39. The molecule has 0 aromatic rings. The average molecular weight is 770 g/mol. The van der Waals surface area contributed by atoms with Gasteiger partial charge < -0.3 is 62.5 Å². The van der Waals surface area contributed by atoms with Gasteiger partial charge in [-0.25, -0.2) is 0 Å². The van der Waals surface area contributed by atoms with Gasteiger partial charge >= 0.3 is 5.97 Å². The zero-order chi connectivity index (χ0) is 32.7. The Hall–Kier alpha value is -0.770. The minimum atomic E-state index is -0.982. The van der Waals surface area contributed by atoms with Crippen molar-refractivity contribution in [3.8, 4) is 0 Å². The molecule has 2 N–H and O–H groups in total. The number of carboxylic acid groups (broad SMARTS) is 1. The average Bonchev–Trinajstić information content (AvgIpc) is 3.03. The van der Waals surface area contributed by atoms with Crippen LogP contribution in [0.2, 0.25) is 0 Å². The first-order valence-corrected chi connectivity index (χ1v) is 17.1. The van der Waals surface area contributed by atoms with Crippen molar-refractivity contribution in [3.63, 3.8) is 0 Å². The van der Waals surface area contributed by atoms with Gasteiger partial charge in [0.15, 0.2) is 0 Å². The quantitative estimate of drug-likeness (QED) is 0.0516. The Morgan fingerprint density at radius 2 is 0.689 bits per heavy atom.